The summed E-state index contributed by atoms with van der Waals surface area (Å²) in [7, 11) is 0. The fourth-order valence-corrected chi connectivity index (χ4v) is 1.62. The third kappa shape index (κ3) is 1.99. The van der Waals surface area contributed by atoms with E-state index in [2.05, 4.69) is 37.0 Å². The number of hydrogen-bond acceptors (Lipinski definition) is 3. The van der Waals surface area contributed by atoms with Crippen LogP contribution in [0.15, 0.2) is 28.8 Å². The first-order valence-corrected chi connectivity index (χ1v) is 5.37. The van der Waals surface area contributed by atoms with E-state index in [9.17, 15) is 0 Å². The zero-order valence-corrected chi connectivity index (χ0v) is 9.82. The maximum atomic E-state index is 5.72. The van der Waals surface area contributed by atoms with Crippen LogP contribution in [-0.4, -0.2) is 4.98 Å². The summed E-state index contributed by atoms with van der Waals surface area (Å²) in [6.07, 6.45) is 1.74. The van der Waals surface area contributed by atoms with Crippen molar-refractivity contribution < 1.29 is 4.42 Å². The van der Waals surface area contributed by atoms with Gasteiger partial charge in [0.05, 0.1) is 12.2 Å². The molecule has 1 aromatic carbocycles. The molecule has 0 bridgehead atoms. The van der Waals surface area contributed by atoms with E-state index in [-0.39, 0.29) is 6.04 Å². The smallest absolute Gasteiger partial charge is 0.211 e. The Balaban J connectivity index is 2.46. The van der Waals surface area contributed by atoms with Gasteiger partial charge in [0.25, 0.3) is 0 Å². The maximum Gasteiger partial charge on any atom is 0.211 e. The molecule has 1 atom stereocenters. The minimum Gasteiger partial charge on any atom is -0.439 e. The second-order valence-electron chi connectivity index (χ2n) is 4.17. The second kappa shape index (κ2) is 4.10. The Morgan fingerprint density at radius 3 is 2.69 bits per heavy atom. The SMILES string of the molecule is Cc1ccc(C)c(-c2cnc(C(C)N)o2)c1. The zero-order chi connectivity index (χ0) is 11.7. The van der Waals surface area contributed by atoms with Crippen LogP contribution in [0.3, 0.4) is 0 Å². The first kappa shape index (κ1) is 10.9. The highest BCUT2D eigenvalue weighted by atomic mass is 16.4. The van der Waals surface area contributed by atoms with Gasteiger partial charge in [0.15, 0.2) is 5.76 Å². The Kier molecular flexibility index (Phi) is 2.79. The number of nitrogens with zero attached hydrogens (tertiary/aromatic N) is 1. The molecule has 1 unspecified atom stereocenters. The second-order valence-corrected chi connectivity index (χ2v) is 4.17. The van der Waals surface area contributed by atoms with E-state index in [0.29, 0.717) is 5.89 Å². The summed E-state index contributed by atoms with van der Waals surface area (Å²) in [5, 5.41) is 0. The van der Waals surface area contributed by atoms with E-state index in [0.717, 1.165) is 11.3 Å². The van der Waals surface area contributed by atoms with E-state index in [1.165, 1.54) is 11.1 Å². The maximum absolute atomic E-state index is 5.72. The van der Waals surface area contributed by atoms with Gasteiger partial charge in [-0.1, -0.05) is 17.7 Å². The summed E-state index contributed by atoms with van der Waals surface area (Å²) < 4.78 is 5.63. The molecule has 84 valence electrons. The molecule has 3 heteroatoms. The lowest BCUT2D eigenvalue weighted by atomic mass is 10.0. The van der Waals surface area contributed by atoms with Gasteiger partial charge in [-0.3, -0.25) is 0 Å². The van der Waals surface area contributed by atoms with Crippen LogP contribution in [0.4, 0.5) is 0 Å². The Morgan fingerprint density at radius 2 is 2.06 bits per heavy atom. The molecule has 0 fully saturated rings. The fourth-order valence-electron chi connectivity index (χ4n) is 1.62. The summed E-state index contributed by atoms with van der Waals surface area (Å²) in [5.41, 5.74) is 9.19. The average molecular weight is 216 g/mol. The highest BCUT2D eigenvalue weighted by Gasteiger charge is 2.11. The van der Waals surface area contributed by atoms with Crippen LogP contribution in [0.2, 0.25) is 0 Å². The van der Waals surface area contributed by atoms with Gasteiger partial charge in [-0.2, -0.15) is 0 Å². The van der Waals surface area contributed by atoms with Crippen LogP contribution in [0.25, 0.3) is 11.3 Å². The van der Waals surface area contributed by atoms with E-state index in [1.54, 1.807) is 6.20 Å². The van der Waals surface area contributed by atoms with Crippen LogP contribution >= 0.6 is 0 Å². The number of oxazole rings is 1. The van der Waals surface area contributed by atoms with Crippen LogP contribution in [0.1, 0.15) is 30.0 Å². The number of rotatable bonds is 2. The summed E-state index contributed by atoms with van der Waals surface area (Å²) >= 11 is 0. The van der Waals surface area contributed by atoms with Crippen molar-refractivity contribution in [3.8, 4) is 11.3 Å². The van der Waals surface area contributed by atoms with Crippen molar-refractivity contribution in [3.05, 3.63) is 41.4 Å². The lowest BCUT2D eigenvalue weighted by Gasteiger charge is -2.03. The van der Waals surface area contributed by atoms with Crippen molar-refractivity contribution in [2.45, 2.75) is 26.8 Å². The topological polar surface area (TPSA) is 52.0 Å². The summed E-state index contributed by atoms with van der Waals surface area (Å²) in [5.74, 6) is 1.37. The van der Waals surface area contributed by atoms with Gasteiger partial charge in [-0.25, -0.2) is 4.98 Å². The van der Waals surface area contributed by atoms with E-state index in [1.807, 2.05) is 6.92 Å². The monoisotopic (exact) mass is 216 g/mol. The van der Waals surface area contributed by atoms with Crippen molar-refractivity contribution >= 4 is 0 Å². The Morgan fingerprint density at radius 1 is 1.31 bits per heavy atom. The minimum atomic E-state index is -0.168. The quantitative estimate of drug-likeness (QED) is 0.839. The van der Waals surface area contributed by atoms with Crippen molar-refractivity contribution in [1.29, 1.82) is 0 Å². The highest BCUT2D eigenvalue weighted by molar-refractivity contribution is 5.62. The molecule has 0 amide bonds. The molecule has 2 N–H and O–H groups in total. The minimum absolute atomic E-state index is 0.168. The number of aryl methyl sites for hydroxylation is 2. The first-order valence-electron chi connectivity index (χ1n) is 5.37. The zero-order valence-electron chi connectivity index (χ0n) is 9.82. The van der Waals surface area contributed by atoms with Crippen molar-refractivity contribution in [1.82, 2.24) is 4.98 Å². The number of aromatic nitrogens is 1. The Bertz CT molecular complexity index is 500. The standard InChI is InChI=1S/C13H16N2O/c1-8-4-5-9(2)11(6-8)12-7-15-13(16-12)10(3)14/h4-7,10H,14H2,1-3H3. The molecular formula is C13H16N2O. The summed E-state index contributed by atoms with van der Waals surface area (Å²) in [4.78, 5) is 4.17. The summed E-state index contributed by atoms with van der Waals surface area (Å²) in [6.45, 7) is 5.98. The van der Waals surface area contributed by atoms with Crippen LogP contribution in [-0.2, 0) is 0 Å². The molecule has 0 aliphatic heterocycles. The predicted octanol–water partition coefficient (Wildman–Crippen LogP) is 2.98. The molecule has 0 radical (unpaired) electrons. The van der Waals surface area contributed by atoms with Crippen molar-refractivity contribution in [2.24, 2.45) is 5.73 Å². The molecule has 16 heavy (non-hydrogen) atoms. The molecule has 0 spiro atoms. The van der Waals surface area contributed by atoms with Gasteiger partial charge in [0.2, 0.25) is 5.89 Å². The molecule has 2 rings (SSSR count). The van der Waals surface area contributed by atoms with Crippen LogP contribution < -0.4 is 5.73 Å². The van der Waals surface area contributed by atoms with Gasteiger partial charge < -0.3 is 10.2 Å². The van der Waals surface area contributed by atoms with Gasteiger partial charge in [0.1, 0.15) is 0 Å². The molecule has 2 aromatic rings. The molecule has 0 saturated heterocycles. The highest BCUT2D eigenvalue weighted by Crippen LogP contribution is 2.26. The van der Waals surface area contributed by atoms with Gasteiger partial charge >= 0.3 is 0 Å². The van der Waals surface area contributed by atoms with Gasteiger partial charge in [-0.05, 0) is 32.4 Å². The van der Waals surface area contributed by atoms with Crippen LogP contribution in [0, 0.1) is 13.8 Å². The molecule has 0 aliphatic rings. The Hall–Kier alpha value is -1.61. The van der Waals surface area contributed by atoms with E-state index < -0.39 is 0 Å². The molecule has 3 nitrogen and oxygen atoms in total. The predicted molar refractivity (Wildman–Crippen MR) is 64.0 cm³/mol. The largest absolute Gasteiger partial charge is 0.439 e. The average Bonchev–Trinajstić information content (AvgIpc) is 2.70. The third-order valence-corrected chi connectivity index (χ3v) is 2.57. The normalized spacial score (nSPS) is 12.8. The van der Waals surface area contributed by atoms with E-state index >= 15 is 0 Å². The molecule has 1 aromatic heterocycles. The summed E-state index contributed by atoms with van der Waals surface area (Å²) in [6, 6.07) is 6.10. The molecule has 0 saturated carbocycles. The molecule has 1 heterocycles. The number of hydrogen-bond donors (Lipinski definition) is 1. The number of benzene rings is 1. The van der Waals surface area contributed by atoms with Crippen molar-refractivity contribution in [3.63, 3.8) is 0 Å². The lowest BCUT2D eigenvalue weighted by Crippen LogP contribution is -2.04. The van der Waals surface area contributed by atoms with Crippen LogP contribution in [0.5, 0.6) is 0 Å². The van der Waals surface area contributed by atoms with Gasteiger partial charge in [0, 0.05) is 5.56 Å². The van der Waals surface area contributed by atoms with E-state index in [4.69, 9.17) is 10.2 Å². The lowest BCUT2D eigenvalue weighted by molar-refractivity contribution is 0.473. The molecule has 0 aliphatic carbocycles. The Labute approximate surface area is 95.3 Å². The first-order chi connectivity index (χ1) is 7.58. The third-order valence-electron chi connectivity index (χ3n) is 2.57. The van der Waals surface area contributed by atoms with Gasteiger partial charge in [-0.15, -0.1) is 0 Å². The van der Waals surface area contributed by atoms with Crippen molar-refractivity contribution in [2.75, 3.05) is 0 Å². The number of nitrogens with two attached hydrogens (primary N) is 1. The molecular weight excluding hydrogens is 200 g/mol. The fraction of sp³-hybridized carbons (Fsp3) is 0.308.